The second-order valence-electron chi connectivity index (χ2n) is 6.26. The van der Waals surface area contributed by atoms with Crippen molar-refractivity contribution in [1.82, 2.24) is 10.3 Å². The summed E-state index contributed by atoms with van der Waals surface area (Å²) in [6, 6.07) is 3.71. The zero-order chi connectivity index (χ0) is 18.2. The van der Waals surface area contributed by atoms with Crippen LogP contribution in [-0.2, 0) is 12.6 Å². The van der Waals surface area contributed by atoms with Crippen LogP contribution in [0.1, 0.15) is 45.6 Å². The molecule has 1 fully saturated rings. The van der Waals surface area contributed by atoms with Gasteiger partial charge in [0.05, 0.1) is 12.7 Å². The molecule has 7 heteroatoms. The van der Waals surface area contributed by atoms with Crippen LogP contribution >= 0.6 is 0 Å². The molecule has 4 nitrogen and oxygen atoms in total. The van der Waals surface area contributed by atoms with Crippen LogP contribution in [0.4, 0.5) is 13.2 Å². The van der Waals surface area contributed by atoms with Crippen LogP contribution in [0.15, 0.2) is 24.4 Å². The lowest BCUT2D eigenvalue weighted by atomic mass is 10.0. The fourth-order valence-corrected chi connectivity index (χ4v) is 2.71. The van der Waals surface area contributed by atoms with E-state index in [0.717, 1.165) is 36.1 Å². The lowest BCUT2D eigenvalue weighted by molar-refractivity contribution is -0.137. The number of amides is 1. The molecule has 1 aliphatic carbocycles. The van der Waals surface area contributed by atoms with Crippen LogP contribution in [-0.4, -0.2) is 24.0 Å². The van der Waals surface area contributed by atoms with Gasteiger partial charge in [0.25, 0.3) is 5.91 Å². The number of benzene rings is 1. The summed E-state index contributed by atoms with van der Waals surface area (Å²) in [6.45, 7) is 1.82. The van der Waals surface area contributed by atoms with Crippen LogP contribution in [0.5, 0.6) is 5.75 Å². The van der Waals surface area contributed by atoms with Gasteiger partial charge in [-0.2, -0.15) is 13.2 Å². The zero-order valence-electron chi connectivity index (χ0n) is 14.0. The van der Waals surface area contributed by atoms with Crippen molar-refractivity contribution in [1.29, 1.82) is 0 Å². The first-order valence-electron chi connectivity index (χ1n) is 8.01. The van der Waals surface area contributed by atoms with Gasteiger partial charge in [-0.05, 0) is 48.6 Å². The minimum atomic E-state index is -4.41. The maximum Gasteiger partial charge on any atom is 0.416 e. The van der Waals surface area contributed by atoms with Crippen molar-refractivity contribution in [2.45, 2.75) is 38.4 Å². The van der Waals surface area contributed by atoms with Gasteiger partial charge in [-0.3, -0.25) is 4.79 Å². The first-order chi connectivity index (χ1) is 11.8. The third-order valence-electron chi connectivity index (χ3n) is 4.38. The Morgan fingerprint density at radius 3 is 2.64 bits per heavy atom. The Morgan fingerprint density at radius 1 is 1.32 bits per heavy atom. The summed E-state index contributed by atoms with van der Waals surface area (Å²) < 4.78 is 43.6. The maximum absolute atomic E-state index is 12.8. The third kappa shape index (κ3) is 3.81. The highest BCUT2D eigenvalue weighted by molar-refractivity contribution is 5.94. The normalized spacial score (nSPS) is 14.4. The van der Waals surface area contributed by atoms with Crippen LogP contribution in [0.25, 0.3) is 0 Å². The topological polar surface area (TPSA) is 54.1 Å². The van der Waals surface area contributed by atoms with E-state index in [9.17, 15) is 18.0 Å². The fourth-order valence-electron chi connectivity index (χ4n) is 2.71. The van der Waals surface area contributed by atoms with Gasteiger partial charge >= 0.3 is 6.18 Å². The maximum atomic E-state index is 12.8. The van der Waals surface area contributed by atoms with E-state index in [1.54, 1.807) is 6.20 Å². The number of alkyl halides is 3. The van der Waals surface area contributed by atoms with E-state index >= 15 is 0 Å². The van der Waals surface area contributed by atoms with Crippen LogP contribution in [0.3, 0.4) is 0 Å². The van der Waals surface area contributed by atoms with Gasteiger partial charge in [-0.15, -0.1) is 0 Å². The molecule has 1 aromatic heterocycles. The number of methoxy groups -OCH3 is 1. The van der Waals surface area contributed by atoms with Crippen molar-refractivity contribution in [2.24, 2.45) is 0 Å². The van der Waals surface area contributed by atoms with Crippen molar-refractivity contribution in [3.8, 4) is 5.75 Å². The molecule has 2 aromatic rings. The number of aromatic amines is 1. The minimum Gasteiger partial charge on any atom is -0.496 e. The Kier molecular flexibility index (Phi) is 4.49. The summed E-state index contributed by atoms with van der Waals surface area (Å²) in [5.74, 6) is 0.0324. The Bertz CT molecular complexity index is 792. The number of nitrogens with one attached hydrogen (secondary N) is 2. The molecule has 1 heterocycles. The molecule has 25 heavy (non-hydrogen) atoms. The number of halogens is 3. The molecule has 0 radical (unpaired) electrons. The first kappa shape index (κ1) is 17.4. The summed E-state index contributed by atoms with van der Waals surface area (Å²) in [7, 11) is 1.34. The Labute approximate surface area is 143 Å². The second-order valence-corrected chi connectivity index (χ2v) is 6.26. The summed E-state index contributed by atoms with van der Waals surface area (Å²) >= 11 is 0. The average molecular weight is 352 g/mol. The summed E-state index contributed by atoms with van der Waals surface area (Å²) in [6.07, 6.45) is -0.319. The number of aromatic nitrogens is 1. The Hall–Kier alpha value is -2.44. The smallest absolute Gasteiger partial charge is 0.416 e. The van der Waals surface area contributed by atoms with Crippen molar-refractivity contribution in [2.75, 3.05) is 7.11 Å². The van der Waals surface area contributed by atoms with Gasteiger partial charge in [0.2, 0.25) is 0 Å². The standard InChI is InChI=1S/C18H19F3N2O2/c1-10-12(9-22-16(10)17(24)23-14-5-6-14)7-11-3-4-13(18(19,20)21)8-15(11)25-2/h3-4,8-9,14,22H,5-7H2,1-2H3,(H,23,24). The SMILES string of the molecule is COc1cc(C(F)(F)F)ccc1Cc1c[nH]c(C(=O)NC2CC2)c1C. The summed E-state index contributed by atoms with van der Waals surface area (Å²) in [5.41, 5.74) is 2.02. The minimum absolute atomic E-state index is 0.148. The molecule has 0 saturated heterocycles. The van der Waals surface area contributed by atoms with E-state index in [-0.39, 0.29) is 17.7 Å². The monoisotopic (exact) mass is 352 g/mol. The molecule has 0 atom stereocenters. The van der Waals surface area contributed by atoms with E-state index in [4.69, 9.17) is 4.74 Å². The van der Waals surface area contributed by atoms with Crippen molar-refractivity contribution in [3.05, 3.63) is 52.3 Å². The highest BCUT2D eigenvalue weighted by atomic mass is 19.4. The van der Waals surface area contributed by atoms with Crippen LogP contribution < -0.4 is 10.1 Å². The number of rotatable bonds is 5. The average Bonchev–Trinajstić information content (AvgIpc) is 3.29. The molecule has 0 aliphatic heterocycles. The van der Waals surface area contributed by atoms with Crippen molar-refractivity contribution < 1.29 is 22.7 Å². The molecule has 1 aromatic carbocycles. The molecule has 3 rings (SSSR count). The van der Waals surface area contributed by atoms with E-state index in [1.807, 2.05) is 6.92 Å². The van der Waals surface area contributed by atoms with Gasteiger partial charge < -0.3 is 15.0 Å². The van der Waals surface area contributed by atoms with Gasteiger partial charge in [0.15, 0.2) is 0 Å². The molecule has 134 valence electrons. The van der Waals surface area contributed by atoms with Gasteiger partial charge in [-0.1, -0.05) is 6.07 Å². The van der Waals surface area contributed by atoms with Crippen LogP contribution in [0, 0.1) is 6.92 Å². The van der Waals surface area contributed by atoms with E-state index in [0.29, 0.717) is 17.7 Å². The molecule has 1 aliphatic rings. The van der Waals surface area contributed by atoms with E-state index in [1.165, 1.54) is 13.2 Å². The summed E-state index contributed by atoms with van der Waals surface area (Å²) in [4.78, 5) is 15.1. The molecular weight excluding hydrogens is 333 g/mol. The molecule has 1 amide bonds. The van der Waals surface area contributed by atoms with Crippen LogP contribution in [0.2, 0.25) is 0 Å². The number of hydrogen-bond donors (Lipinski definition) is 2. The molecular formula is C18H19F3N2O2. The van der Waals surface area contributed by atoms with Gasteiger partial charge in [0, 0.05) is 18.7 Å². The number of H-pyrrole nitrogens is 1. The lowest BCUT2D eigenvalue weighted by Crippen LogP contribution is -2.26. The predicted molar refractivity (Wildman–Crippen MR) is 86.8 cm³/mol. The van der Waals surface area contributed by atoms with E-state index in [2.05, 4.69) is 10.3 Å². The molecule has 0 bridgehead atoms. The Balaban J connectivity index is 1.82. The number of carbonyl (C=O) groups is 1. The quantitative estimate of drug-likeness (QED) is 0.859. The molecule has 1 saturated carbocycles. The fraction of sp³-hybridized carbons (Fsp3) is 0.389. The van der Waals surface area contributed by atoms with Gasteiger partial charge in [0.1, 0.15) is 11.4 Å². The molecule has 0 spiro atoms. The molecule has 2 N–H and O–H groups in total. The second kappa shape index (κ2) is 6.46. The number of hydrogen-bond acceptors (Lipinski definition) is 2. The number of ether oxygens (including phenoxy) is 1. The van der Waals surface area contributed by atoms with E-state index < -0.39 is 11.7 Å². The predicted octanol–water partition coefficient (Wildman–Crippen LogP) is 3.83. The zero-order valence-corrected chi connectivity index (χ0v) is 14.0. The summed E-state index contributed by atoms with van der Waals surface area (Å²) in [5, 5.41) is 2.91. The van der Waals surface area contributed by atoms with Gasteiger partial charge in [-0.25, -0.2) is 0 Å². The Morgan fingerprint density at radius 2 is 2.04 bits per heavy atom. The highest BCUT2D eigenvalue weighted by Gasteiger charge is 2.31. The highest BCUT2D eigenvalue weighted by Crippen LogP contribution is 2.34. The lowest BCUT2D eigenvalue weighted by Gasteiger charge is -2.12. The third-order valence-corrected chi connectivity index (χ3v) is 4.38. The van der Waals surface area contributed by atoms with Crippen molar-refractivity contribution in [3.63, 3.8) is 0 Å². The van der Waals surface area contributed by atoms with Crippen molar-refractivity contribution >= 4 is 5.91 Å². The molecule has 0 unspecified atom stereocenters. The first-order valence-corrected chi connectivity index (χ1v) is 8.01. The number of carbonyl (C=O) groups excluding carboxylic acids is 1. The largest absolute Gasteiger partial charge is 0.496 e.